The Morgan fingerprint density at radius 3 is 2.23 bits per heavy atom. The van der Waals surface area contributed by atoms with Gasteiger partial charge in [0.25, 0.3) is 5.92 Å². The fourth-order valence-corrected chi connectivity index (χ4v) is 2.65. The molecule has 1 amide bonds. The van der Waals surface area contributed by atoms with E-state index in [2.05, 4.69) is 17.6 Å². The van der Waals surface area contributed by atoms with Gasteiger partial charge in [0.15, 0.2) is 0 Å². The summed E-state index contributed by atoms with van der Waals surface area (Å²) in [5, 5.41) is 5.07. The van der Waals surface area contributed by atoms with Crippen molar-refractivity contribution in [1.29, 1.82) is 0 Å². The number of amides is 1. The highest BCUT2D eigenvalue weighted by molar-refractivity contribution is 5.67. The van der Waals surface area contributed by atoms with E-state index < -0.39 is 30.7 Å². The molecular weight excluding hydrogens is 290 g/mol. The Labute approximate surface area is 132 Å². The van der Waals surface area contributed by atoms with Crippen LogP contribution in [-0.2, 0) is 4.74 Å². The molecule has 1 saturated carbocycles. The van der Waals surface area contributed by atoms with Crippen LogP contribution < -0.4 is 10.6 Å². The maximum Gasteiger partial charge on any atom is 0.407 e. The third kappa shape index (κ3) is 7.92. The molecule has 1 aliphatic rings. The molecule has 0 unspecified atom stereocenters. The second kappa shape index (κ2) is 8.09. The van der Waals surface area contributed by atoms with E-state index in [0.717, 1.165) is 31.6 Å². The molecule has 130 valence electrons. The zero-order chi connectivity index (χ0) is 16.8. The monoisotopic (exact) mass is 320 g/mol. The highest BCUT2D eigenvalue weighted by atomic mass is 19.3. The number of rotatable bonds is 6. The van der Waals surface area contributed by atoms with Gasteiger partial charge in [0.1, 0.15) is 5.60 Å². The van der Waals surface area contributed by atoms with E-state index in [9.17, 15) is 13.6 Å². The van der Waals surface area contributed by atoms with Crippen molar-refractivity contribution in [2.45, 2.75) is 77.4 Å². The Hall–Kier alpha value is -0.910. The summed E-state index contributed by atoms with van der Waals surface area (Å²) in [5.74, 6) is -2.23. The second-order valence-electron chi connectivity index (χ2n) is 7.22. The maximum atomic E-state index is 13.8. The maximum absolute atomic E-state index is 13.8. The summed E-state index contributed by atoms with van der Waals surface area (Å²) in [6, 6.07) is 0.162. The lowest BCUT2D eigenvalue weighted by molar-refractivity contribution is -0.00677. The average Bonchev–Trinajstić information content (AvgIpc) is 2.42. The van der Waals surface area contributed by atoms with Crippen LogP contribution in [0.4, 0.5) is 13.6 Å². The molecule has 0 bridgehead atoms. The highest BCUT2D eigenvalue weighted by Gasteiger charge is 2.32. The molecule has 0 spiro atoms. The normalized spacial score (nSPS) is 23.2. The van der Waals surface area contributed by atoms with Gasteiger partial charge >= 0.3 is 6.09 Å². The summed E-state index contributed by atoms with van der Waals surface area (Å²) >= 11 is 0. The number of alkyl carbamates (subject to hydrolysis) is 1. The second-order valence-corrected chi connectivity index (χ2v) is 7.22. The lowest BCUT2D eigenvalue weighted by atomic mass is 9.84. The van der Waals surface area contributed by atoms with Crippen LogP contribution >= 0.6 is 0 Å². The first-order chi connectivity index (χ1) is 10.1. The van der Waals surface area contributed by atoms with Crippen molar-refractivity contribution in [2.24, 2.45) is 5.92 Å². The van der Waals surface area contributed by atoms with Gasteiger partial charge < -0.3 is 15.4 Å². The van der Waals surface area contributed by atoms with Crippen LogP contribution in [0.1, 0.15) is 59.8 Å². The molecule has 0 atom stereocenters. The van der Waals surface area contributed by atoms with E-state index in [1.165, 1.54) is 6.42 Å². The van der Waals surface area contributed by atoms with Crippen LogP contribution in [0.2, 0.25) is 0 Å². The molecule has 0 saturated heterocycles. The summed E-state index contributed by atoms with van der Waals surface area (Å²) in [5.41, 5.74) is -0.685. The first-order valence-electron chi connectivity index (χ1n) is 8.19. The molecule has 1 fully saturated rings. The summed E-state index contributed by atoms with van der Waals surface area (Å²) in [7, 11) is 0. The third-order valence-corrected chi connectivity index (χ3v) is 3.96. The number of ether oxygens (including phenoxy) is 1. The van der Waals surface area contributed by atoms with E-state index in [1.54, 1.807) is 20.8 Å². The molecule has 1 aliphatic carbocycles. The van der Waals surface area contributed by atoms with Crippen molar-refractivity contribution < 1.29 is 18.3 Å². The summed E-state index contributed by atoms with van der Waals surface area (Å²) in [4.78, 5) is 11.4. The van der Waals surface area contributed by atoms with Gasteiger partial charge in [-0.15, -0.1) is 0 Å². The average molecular weight is 320 g/mol. The van der Waals surface area contributed by atoms with E-state index in [4.69, 9.17) is 4.74 Å². The molecule has 0 heterocycles. The summed E-state index contributed by atoms with van der Waals surface area (Å²) < 4.78 is 32.5. The Balaban J connectivity index is 2.25. The molecule has 0 aromatic heterocycles. The number of carbonyl (C=O) groups is 1. The zero-order valence-corrected chi connectivity index (χ0v) is 14.2. The number of hydrogen-bond donors (Lipinski definition) is 2. The van der Waals surface area contributed by atoms with Crippen LogP contribution in [0.15, 0.2) is 0 Å². The minimum Gasteiger partial charge on any atom is -0.444 e. The quantitative estimate of drug-likeness (QED) is 0.784. The van der Waals surface area contributed by atoms with Crippen LogP contribution in [0, 0.1) is 5.92 Å². The standard InChI is InChI=1S/C16H30F2N2O2/c1-5-12-6-8-13(9-7-12)19-10-16(17,18)11-20-14(21)22-15(2,3)4/h12-13,19H,5-11H2,1-4H3,(H,20,21). The van der Waals surface area contributed by atoms with E-state index in [1.807, 2.05) is 0 Å². The first-order valence-corrected chi connectivity index (χ1v) is 8.19. The number of carbonyl (C=O) groups excluding carboxylic acids is 1. The molecule has 4 nitrogen and oxygen atoms in total. The van der Waals surface area contributed by atoms with Crippen LogP contribution in [0.5, 0.6) is 0 Å². The fourth-order valence-electron chi connectivity index (χ4n) is 2.65. The van der Waals surface area contributed by atoms with Crippen molar-refractivity contribution in [1.82, 2.24) is 10.6 Å². The summed E-state index contributed by atoms with van der Waals surface area (Å²) in [6.07, 6.45) is 4.48. The first kappa shape index (κ1) is 19.1. The largest absolute Gasteiger partial charge is 0.444 e. The van der Waals surface area contributed by atoms with Crippen LogP contribution in [0.25, 0.3) is 0 Å². The van der Waals surface area contributed by atoms with E-state index in [0.29, 0.717) is 0 Å². The van der Waals surface area contributed by atoms with Gasteiger partial charge in [-0.05, 0) is 52.4 Å². The van der Waals surface area contributed by atoms with Gasteiger partial charge in [-0.2, -0.15) is 0 Å². The Morgan fingerprint density at radius 1 is 1.14 bits per heavy atom. The van der Waals surface area contributed by atoms with Crippen molar-refractivity contribution in [3.63, 3.8) is 0 Å². The van der Waals surface area contributed by atoms with Gasteiger partial charge in [-0.25, -0.2) is 13.6 Å². The minimum absolute atomic E-state index is 0.162. The molecule has 22 heavy (non-hydrogen) atoms. The molecule has 2 N–H and O–H groups in total. The molecule has 0 aromatic rings. The van der Waals surface area contributed by atoms with Crippen LogP contribution in [0.3, 0.4) is 0 Å². The molecule has 1 rings (SSSR count). The predicted octanol–water partition coefficient (Wildman–Crippen LogP) is 3.70. The van der Waals surface area contributed by atoms with Crippen molar-refractivity contribution in [3.8, 4) is 0 Å². The van der Waals surface area contributed by atoms with Crippen LogP contribution in [-0.4, -0.2) is 36.7 Å². The highest BCUT2D eigenvalue weighted by Crippen LogP contribution is 2.26. The Bertz CT molecular complexity index is 349. The van der Waals surface area contributed by atoms with Gasteiger partial charge in [-0.3, -0.25) is 0 Å². The molecule has 0 aromatic carbocycles. The fraction of sp³-hybridized carbons (Fsp3) is 0.938. The molecule has 0 radical (unpaired) electrons. The SMILES string of the molecule is CCC1CCC(NCC(F)(F)CNC(=O)OC(C)(C)C)CC1. The lowest BCUT2D eigenvalue weighted by Gasteiger charge is -2.30. The zero-order valence-electron chi connectivity index (χ0n) is 14.2. The number of halogens is 2. The molecule has 0 aliphatic heterocycles. The van der Waals surface area contributed by atoms with Gasteiger partial charge in [-0.1, -0.05) is 13.3 Å². The molecule has 6 heteroatoms. The third-order valence-electron chi connectivity index (χ3n) is 3.96. The van der Waals surface area contributed by atoms with Gasteiger partial charge in [0.2, 0.25) is 0 Å². The number of alkyl halides is 2. The van der Waals surface area contributed by atoms with Crippen molar-refractivity contribution in [2.75, 3.05) is 13.1 Å². The number of hydrogen-bond acceptors (Lipinski definition) is 3. The minimum atomic E-state index is -2.97. The summed E-state index contributed by atoms with van der Waals surface area (Å²) in [6.45, 7) is 6.13. The van der Waals surface area contributed by atoms with Gasteiger partial charge in [0.05, 0.1) is 13.1 Å². The van der Waals surface area contributed by atoms with Gasteiger partial charge in [0, 0.05) is 6.04 Å². The predicted molar refractivity (Wildman–Crippen MR) is 83.2 cm³/mol. The van der Waals surface area contributed by atoms with E-state index >= 15 is 0 Å². The Kier molecular flexibility index (Phi) is 7.03. The van der Waals surface area contributed by atoms with E-state index in [-0.39, 0.29) is 6.04 Å². The number of nitrogens with one attached hydrogen (secondary N) is 2. The molecular formula is C16H30F2N2O2. The Morgan fingerprint density at radius 2 is 1.73 bits per heavy atom. The van der Waals surface area contributed by atoms with Crippen molar-refractivity contribution >= 4 is 6.09 Å². The van der Waals surface area contributed by atoms with Crippen molar-refractivity contribution in [3.05, 3.63) is 0 Å². The lowest BCUT2D eigenvalue weighted by Crippen LogP contribution is -2.47. The smallest absolute Gasteiger partial charge is 0.407 e. The topological polar surface area (TPSA) is 50.4 Å².